The molecular formula is C18H31N3. The molecule has 2 rings (SSSR count). The lowest BCUT2D eigenvalue weighted by molar-refractivity contribution is 0.0598. The van der Waals surface area contributed by atoms with Crippen molar-refractivity contribution in [2.75, 3.05) is 32.7 Å². The minimum Gasteiger partial charge on any atom is -0.323 e. The van der Waals surface area contributed by atoms with Crippen LogP contribution in [-0.4, -0.2) is 48.1 Å². The fourth-order valence-corrected chi connectivity index (χ4v) is 3.21. The average Bonchev–Trinajstić information content (AvgIpc) is 2.37. The summed E-state index contributed by atoms with van der Waals surface area (Å²) >= 11 is 0. The highest BCUT2D eigenvalue weighted by atomic mass is 15.3. The SMILES string of the molecule is Cc1cc(C)cc(C(N)CN2CCN(C(C)(C)C)CC2)c1. The van der Waals surface area contributed by atoms with Crippen LogP contribution >= 0.6 is 0 Å². The topological polar surface area (TPSA) is 32.5 Å². The van der Waals surface area contributed by atoms with E-state index in [2.05, 4.69) is 62.6 Å². The molecule has 1 fully saturated rings. The monoisotopic (exact) mass is 289 g/mol. The molecule has 1 aromatic carbocycles. The molecule has 0 amide bonds. The van der Waals surface area contributed by atoms with Gasteiger partial charge in [-0.3, -0.25) is 9.80 Å². The van der Waals surface area contributed by atoms with Crippen molar-refractivity contribution >= 4 is 0 Å². The number of piperazine rings is 1. The highest BCUT2D eigenvalue weighted by Gasteiger charge is 2.26. The summed E-state index contributed by atoms with van der Waals surface area (Å²) in [6.07, 6.45) is 0. The van der Waals surface area contributed by atoms with Gasteiger partial charge in [-0.15, -0.1) is 0 Å². The minimum atomic E-state index is 0.116. The van der Waals surface area contributed by atoms with E-state index in [0.717, 1.165) is 32.7 Å². The van der Waals surface area contributed by atoms with Crippen molar-refractivity contribution in [3.63, 3.8) is 0 Å². The number of benzene rings is 1. The summed E-state index contributed by atoms with van der Waals surface area (Å²) in [6.45, 7) is 16.7. The molecule has 0 spiro atoms. The Morgan fingerprint density at radius 1 is 1.00 bits per heavy atom. The van der Waals surface area contributed by atoms with Gasteiger partial charge in [0.15, 0.2) is 0 Å². The maximum Gasteiger partial charge on any atom is 0.0424 e. The first-order chi connectivity index (χ1) is 9.75. The van der Waals surface area contributed by atoms with Crippen LogP contribution in [0.5, 0.6) is 0 Å². The van der Waals surface area contributed by atoms with Crippen molar-refractivity contribution in [3.05, 3.63) is 34.9 Å². The zero-order valence-electron chi connectivity index (χ0n) is 14.3. The molecule has 118 valence electrons. The van der Waals surface area contributed by atoms with E-state index in [4.69, 9.17) is 5.73 Å². The van der Waals surface area contributed by atoms with Crippen LogP contribution in [0.15, 0.2) is 18.2 Å². The molecule has 3 nitrogen and oxygen atoms in total. The average molecular weight is 289 g/mol. The Balaban J connectivity index is 1.91. The molecule has 21 heavy (non-hydrogen) atoms. The molecule has 0 aliphatic carbocycles. The second-order valence-corrected chi connectivity index (χ2v) is 7.49. The van der Waals surface area contributed by atoms with Crippen LogP contribution in [0.1, 0.15) is 43.5 Å². The third-order valence-electron chi connectivity index (χ3n) is 4.45. The van der Waals surface area contributed by atoms with Crippen molar-refractivity contribution in [3.8, 4) is 0 Å². The molecule has 1 heterocycles. The molecule has 1 aromatic rings. The first-order valence-corrected chi connectivity index (χ1v) is 8.07. The molecule has 1 unspecified atom stereocenters. The number of nitrogens with two attached hydrogens (primary N) is 1. The van der Waals surface area contributed by atoms with Gasteiger partial charge < -0.3 is 5.73 Å². The summed E-state index contributed by atoms with van der Waals surface area (Å²) in [5.74, 6) is 0. The van der Waals surface area contributed by atoms with E-state index in [1.54, 1.807) is 0 Å². The van der Waals surface area contributed by atoms with Crippen molar-refractivity contribution in [2.24, 2.45) is 5.73 Å². The Bertz CT molecular complexity index is 448. The zero-order chi connectivity index (χ0) is 15.6. The molecule has 0 saturated carbocycles. The van der Waals surface area contributed by atoms with Crippen LogP contribution in [0.3, 0.4) is 0 Å². The Hall–Kier alpha value is -0.900. The molecular weight excluding hydrogens is 258 g/mol. The van der Waals surface area contributed by atoms with Gasteiger partial charge in [-0.25, -0.2) is 0 Å². The van der Waals surface area contributed by atoms with Gasteiger partial charge in [-0.1, -0.05) is 29.3 Å². The number of rotatable bonds is 3. The van der Waals surface area contributed by atoms with E-state index >= 15 is 0 Å². The molecule has 0 aromatic heterocycles. The number of aryl methyl sites for hydroxylation is 2. The van der Waals surface area contributed by atoms with Crippen LogP contribution in [0.2, 0.25) is 0 Å². The summed E-state index contributed by atoms with van der Waals surface area (Å²) in [7, 11) is 0. The summed E-state index contributed by atoms with van der Waals surface area (Å²) < 4.78 is 0. The molecule has 2 N–H and O–H groups in total. The predicted molar refractivity (Wildman–Crippen MR) is 90.6 cm³/mol. The van der Waals surface area contributed by atoms with Gasteiger partial charge in [-0.2, -0.15) is 0 Å². The first-order valence-electron chi connectivity index (χ1n) is 8.07. The van der Waals surface area contributed by atoms with Crippen molar-refractivity contribution in [1.29, 1.82) is 0 Å². The van der Waals surface area contributed by atoms with Gasteiger partial charge >= 0.3 is 0 Å². The zero-order valence-corrected chi connectivity index (χ0v) is 14.3. The summed E-state index contributed by atoms with van der Waals surface area (Å²) in [6, 6.07) is 6.77. The maximum atomic E-state index is 6.43. The first kappa shape index (κ1) is 16.5. The Labute approximate surface area is 130 Å². The third-order valence-corrected chi connectivity index (χ3v) is 4.45. The van der Waals surface area contributed by atoms with Crippen LogP contribution in [0.4, 0.5) is 0 Å². The third kappa shape index (κ3) is 4.53. The molecule has 1 atom stereocenters. The lowest BCUT2D eigenvalue weighted by Crippen LogP contribution is -2.54. The van der Waals surface area contributed by atoms with E-state index in [1.807, 2.05) is 0 Å². The molecule has 0 bridgehead atoms. The molecule has 1 saturated heterocycles. The molecule has 1 aliphatic heterocycles. The highest BCUT2D eigenvalue weighted by molar-refractivity contribution is 5.30. The van der Waals surface area contributed by atoms with Crippen molar-refractivity contribution < 1.29 is 0 Å². The Kier molecular flexibility index (Phi) is 5.07. The number of hydrogen-bond acceptors (Lipinski definition) is 3. The van der Waals surface area contributed by atoms with Gasteiger partial charge in [0.25, 0.3) is 0 Å². The van der Waals surface area contributed by atoms with Gasteiger partial charge in [-0.05, 0) is 40.2 Å². The number of hydrogen-bond donors (Lipinski definition) is 1. The van der Waals surface area contributed by atoms with Crippen LogP contribution < -0.4 is 5.73 Å². The van der Waals surface area contributed by atoms with E-state index in [1.165, 1.54) is 16.7 Å². The summed E-state index contributed by atoms with van der Waals surface area (Å²) in [4.78, 5) is 5.07. The summed E-state index contributed by atoms with van der Waals surface area (Å²) in [5.41, 5.74) is 10.6. The van der Waals surface area contributed by atoms with Crippen molar-refractivity contribution in [1.82, 2.24) is 9.80 Å². The standard InChI is InChI=1S/C18H31N3/c1-14-10-15(2)12-16(11-14)17(19)13-20-6-8-21(9-7-20)18(3,4)5/h10-12,17H,6-9,13,19H2,1-5H3. The van der Waals surface area contributed by atoms with Gasteiger partial charge in [0.1, 0.15) is 0 Å². The fraction of sp³-hybridized carbons (Fsp3) is 0.667. The lowest BCUT2D eigenvalue weighted by Gasteiger charge is -2.42. The van der Waals surface area contributed by atoms with E-state index < -0.39 is 0 Å². The van der Waals surface area contributed by atoms with Gasteiger partial charge in [0.2, 0.25) is 0 Å². The van der Waals surface area contributed by atoms with E-state index in [9.17, 15) is 0 Å². The highest BCUT2D eigenvalue weighted by Crippen LogP contribution is 2.19. The minimum absolute atomic E-state index is 0.116. The van der Waals surface area contributed by atoms with Crippen LogP contribution in [0, 0.1) is 13.8 Å². The van der Waals surface area contributed by atoms with E-state index in [-0.39, 0.29) is 11.6 Å². The predicted octanol–water partition coefficient (Wildman–Crippen LogP) is 2.72. The molecule has 1 aliphatic rings. The Morgan fingerprint density at radius 2 is 1.52 bits per heavy atom. The molecule has 3 heteroatoms. The van der Waals surface area contributed by atoms with Crippen LogP contribution in [-0.2, 0) is 0 Å². The summed E-state index contributed by atoms with van der Waals surface area (Å²) in [5, 5.41) is 0. The molecule has 0 radical (unpaired) electrons. The number of nitrogens with zero attached hydrogens (tertiary/aromatic N) is 2. The quantitative estimate of drug-likeness (QED) is 0.928. The maximum absolute atomic E-state index is 6.43. The normalized spacial score (nSPS) is 19.7. The van der Waals surface area contributed by atoms with Gasteiger partial charge in [0.05, 0.1) is 0 Å². The lowest BCUT2D eigenvalue weighted by atomic mass is 10.0. The smallest absolute Gasteiger partial charge is 0.0424 e. The second kappa shape index (κ2) is 6.47. The Morgan fingerprint density at radius 3 is 2.00 bits per heavy atom. The van der Waals surface area contributed by atoms with Crippen molar-refractivity contribution in [2.45, 2.75) is 46.2 Å². The van der Waals surface area contributed by atoms with E-state index in [0.29, 0.717) is 0 Å². The largest absolute Gasteiger partial charge is 0.323 e. The second-order valence-electron chi connectivity index (χ2n) is 7.49. The van der Waals surface area contributed by atoms with Crippen LogP contribution in [0.25, 0.3) is 0 Å². The van der Waals surface area contributed by atoms with Gasteiger partial charge in [0, 0.05) is 44.3 Å². The fourth-order valence-electron chi connectivity index (χ4n) is 3.21.